The molecule has 0 spiro atoms. The molecule has 0 radical (unpaired) electrons. The van der Waals surface area contributed by atoms with Crippen molar-refractivity contribution in [3.8, 4) is 11.8 Å². The Kier molecular flexibility index (Phi) is 8.43. The minimum absolute atomic E-state index is 0.0814. The fourth-order valence-electron chi connectivity index (χ4n) is 4.64. The summed E-state index contributed by atoms with van der Waals surface area (Å²) in [5.41, 5.74) is 1.84. The molecule has 7 nitrogen and oxygen atoms in total. The molecule has 2 atom stereocenters. The van der Waals surface area contributed by atoms with E-state index in [4.69, 9.17) is 4.74 Å². The van der Waals surface area contributed by atoms with Gasteiger partial charge in [0.2, 0.25) is 5.91 Å². The van der Waals surface area contributed by atoms with E-state index in [1.807, 2.05) is 6.92 Å². The summed E-state index contributed by atoms with van der Waals surface area (Å²) in [5.74, 6) is -0.717. The van der Waals surface area contributed by atoms with Crippen LogP contribution in [0.25, 0.3) is 0 Å². The second-order valence-corrected chi connectivity index (χ2v) is 12.4. The summed E-state index contributed by atoms with van der Waals surface area (Å²) in [4.78, 5) is 14.0. The molecule has 1 aliphatic carbocycles. The molecule has 11 heteroatoms. The zero-order valence-electron chi connectivity index (χ0n) is 22.1. The molecule has 1 aliphatic rings. The van der Waals surface area contributed by atoms with E-state index in [1.165, 1.54) is 34.0 Å². The van der Waals surface area contributed by atoms with Crippen LogP contribution in [0.15, 0.2) is 23.4 Å². The van der Waals surface area contributed by atoms with Gasteiger partial charge in [-0.2, -0.15) is 5.26 Å². The highest BCUT2D eigenvalue weighted by Crippen LogP contribution is 2.44. The van der Waals surface area contributed by atoms with E-state index in [1.54, 1.807) is 11.5 Å². The average molecular weight is 560 g/mol. The molecule has 0 bridgehead atoms. The normalized spacial score (nSPS) is 16.0. The van der Waals surface area contributed by atoms with Crippen LogP contribution in [-0.4, -0.2) is 26.4 Å². The minimum Gasteiger partial charge on any atom is -0.480 e. The highest BCUT2D eigenvalue weighted by atomic mass is 32.2. The number of hydrogen-bond donors (Lipinski definition) is 1. The SMILES string of the molecule is CCn1c(SCC(=O)Nc2sc3c(c2C#N)CCC(C(C)(C)C)C3)nnc1C(C)Oc1ccc(F)cc1F. The van der Waals surface area contributed by atoms with Crippen LogP contribution in [-0.2, 0) is 24.2 Å². The predicted octanol–water partition coefficient (Wildman–Crippen LogP) is 6.53. The monoisotopic (exact) mass is 559 g/mol. The Morgan fingerprint density at radius 2 is 2.13 bits per heavy atom. The Morgan fingerprint density at radius 1 is 1.37 bits per heavy atom. The van der Waals surface area contributed by atoms with Crippen LogP contribution in [0.2, 0.25) is 0 Å². The molecule has 1 N–H and O–H groups in total. The Hall–Kier alpha value is -2.97. The first-order valence-electron chi connectivity index (χ1n) is 12.5. The number of carbonyl (C=O) groups excluding carboxylic acids is 1. The van der Waals surface area contributed by atoms with E-state index in [9.17, 15) is 18.8 Å². The lowest BCUT2D eigenvalue weighted by molar-refractivity contribution is -0.113. The van der Waals surface area contributed by atoms with E-state index in [2.05, 4.69) is 42.4 Å². The number of anilines is 1. The van der Waals surface area contributed by atoms with Gasteiger partial charge in [0.25, 0.3) is 0 Å². The van der Waals surface area contributed by atoms with Gasteiger partial charge in [-0.15, -0.1) is 21.5 Å². The summed E-state index contributed by atoms with van der Waals surface area (Å²) >= 11 is 2.73. The van der Waals surface area contributed by atoms with Gasteiger partial charge in [-0.3, -0.25) is 4.79 Å². The number of rotatable bonds is 8. The van der Waals surface area contributed by atoms with Gasteiger partial charge in [-0.1, -0.05) is 32.5 Å². The minimum atomic E-state index is -0.799. The summed E-state index contributed by atoms with van der Waals surface area (Å²) in [6, 6.07) is 5.42. The smallest absolute Gasteiger partial charge is 0.235 e. The van der Waals surface area contributed by atoms with Gasteiger partial charge in [0, 0.05) is 17.5 Å². The van der Waals surface area contributed by atoms with Crippen molar-refractivity contribution < 1.29 is 18.3 Å². The van der Waals surface area contributed by atoms with Crippen molar-refractivity contribution in [3.63, 3.8) is 0 Å². The second kappa shape index (κ2) is 11.4. The number of thioether (sulfide) groups is 1. The lowest BCUT2D eigenvalue weighted by Crippen LogP contribution is -2.26. The van der Waals surface area contributed by atoms with Gasteiger partial charge in [0.05, 0.1) is 11.3 Å². The highest BCUT2D eigenvalue weighted by molar-refractivity contribution is 7.99. The Bertz CT molecular complexity index is 1370. The molecule has 1 amide bonds. The van der Waals surface area contributed by atoms with Crippen molar-refractivity contribution in [1.82, 2.24) is 14.8 Å². The van der Waals surface area contributed by atoms with Crippen LogP contribution in [0, 0.1) is 34.3 Å². The summed E-state index contributed by atoms with van der Waals surface area (Å²) in [6.45, 7) is 10.9. The zero-order chi connectivity index (χ0) is 27.6. The number of nitrogens with zero attached hydrogens (tertiary/aromatic N) is 4. The Labute approximate surface area is 229 Å². The molecule has 3 aromatic rings. The molecule has 2 unspecified atom stereocenters. The van der Waals surface area contributed by atoms with Crippen molar-refractivity contribution in [2.45, 2.75) is 71.7 Å². The van der Waals surface area contributed by atoms with E-state index in [0.29, 0.717) is 34.0 Å². The fourth-order valence-corrected chi connectivity index (χ4v) is 6.75. The first-order chi connectivity index (χ1) is 18.0. The molecule has 2 heterocycles. The number of nitriles is 1. The van der Waals surface area contributed by atoms with E-state index >= 15 is 0 Å². The third kappa shape index (κ3) is 6.02. The Morgan fingerprint density at radius 3 is 2.79 bits per heavy atom. The van der Waals surface area contributed by atoms with Crippen molar-refractivity contribution in [2.75, 3.05) is 11.1 Å². The quantitative estimate of drug-likeness (QED) is 0.316. The lowest BCUT2D eigenvalue weighted by atomic mass is 9.72. The maximum absolute atomic E-state index is 14.0. The number of hydrogen-bond acceptors (Lipinski definition) is 7. The van der Waals surface area contributed by atoms with E-state index in [-0.39, 0.29) is 22.8 Å². The Balaban J connectivity index is 1.41. The van der Waals surface area contributed by atoms with Crippen LogP contribution in [0.5, 0.6) is 5.75 Å². The summed E-state index contributed by atoms with van der Waals surface area (Å²) in [6.07, 6.45) is 2.16. The average Bonchev–Trinajstić information content (AvgIpc) is 3.43. The van der Waals surface area contributed by atoms with Crippen molar-refractivity contribution >= 4 is 34.0 Å². The number of halogens is 2. The van der Waals surface area contributed by atoms with Gasteiger partial charge in [-0.25, -0.2) is 8.78 Å². The summed E-state index contributed by atoms with van der Waals surface area (Å²) < 4.78 is 34.7. The highest BCUT2D eigenvalue weighted by Gasteiger charge is 2.32. The molecule has 1 aromatic carbocycles. The number of amides is 1. The maximum atomic E-state index is 14.0. The molecule has 4 rings (SSSR count). The number of thiophene rings is 1. The molecule has 2 aromatic heterocycles. The van der Waals surface area contributed by atoms with Gasteiger partial charge in [0.1, 0.15) is 16.9 Å². The largest absolute Gasteiger partial charge is 0.480 e. The van der Waals surface area contributed by atoms with Gasteiger partial charge in [0.15, 0.2) is 28.7 Å². The second-order valence-electron chi connectivity index (χ2n) is 10.4. The fraction of sp³-hybridized carbons (Fsp3) is 0.481. The van der Waals surface area contributed by atoms with Crippen LogP contribution in [0.3, 0.4) is 0 Å². The number of aromatic nitrogens is 3. The summed E-state index contributed by atoms with van der Waals surface area (Å²) in [7, 11) is 0. The van der Waals surface area contributed by atoms with Crippen molar-refractivity contribution in [3.05, 3.63) is 51.7 Å². The molecule has 0 saturated carbocycles. The van der Waals surface area contributed by atoms with Crippen molar-refractivity contribution in [1.29, 1.82) is 5.26 Å². The number of benzene rings is 1. The van der Waals surface area contributed by atoms with Crippen LogP contribution < -0.4 is 10.1 Å². The standard InChI is InChI=1S/C27H31F2N5O2S2/c1-6-34-24(15(2)36-21-10-8-17(28)12-20(21)29)32-33-26(34)37-14-23(35)31-25-19(13-30)18-9-7-16(27(3,4)5)11-22(18)38-25/h8,10,12,15-16H,6-7,9,11,14H2,1-5H3,(H,31,35). The zero-order valence-corrected chi connectivity index (χ0v) is 23.7. The first-order valence-corrected chi connectivity index (χ1v) is 14.3. The maximum Gasteiger partial charge on any atom is 0.235 e. The number of nitrogens with one attached hydrogen (secondary N) is 1. The van der Waals surface area contributed by atoms with Gasteiger partial charge in [-0.05, 0) is 62.1 Å². The van der Waals surface area contributed by atoms with Crippen LogP contribution >= 0.6 is 23.1 Å². The van der Waals surface area contributed by atoms with Gasteiger partial charge >= 0.3 is 0 Å². The first kappa shape index (κ1) is 28.0. The topological polar surface area (TPSA) is 92.8 Å². The molecule has 38 heavy (non-hydrogen) atoms. The molecular formula is C27H31F2N5O2S2. The predicted molar refractivity (Wildman–Crippen MR) is 144 cm³/mol. The van der Waals surface area contributed by atoms with Crippen molar-refractivity contribution in [2.24, 2.45) is 11.3 Å². The molecule has 0 saturated heterocycles. The van der Waals surface area contributed by atoms with E-state index in [0.717, 1.165) is 37.0 Å². The van der Waals surface area contributed by atoms with E-state index < -0.39 is 17.7 Å². The number of ether oxygens (including phenoxy) is 1. The molecular weight excluding hydrogens is 528 g/mol. The lowest BCUT2D eigenvalue weighted by Gasteiger charge is -2.33. The molecule has 0 aliphatic heterocycles. The number of fused-ring (bicyclic) bond motifs is 1. The van der Waals surface area contributed by atoms with Crippen LogP contribution in [0.1, 0.15) is 69.0 Å². The number of carbonyl (C=O) groups is 1. The third-order valence-electron chi connectivity index (χ3n) is 6.81. The van der Waals surface area contributed by atoms with Gasteiger partial charge < -0.3 is 14.6 Å². The third-order valence-corrected chi connectivity index (χ3v) is 8.95. The van der Waals surface area contributed by atoms with Crippen LogP contribution in [0.4, 0.5) is 13.8 Å². The molecule has 202 valence electrons. The molecule has 0 fully saturated rings. The summed E-state index contributed by atoms with van der Waals surface area (Å²) in [5, 5.41) is 22.2.